The Balaban J connectivity index is 0.000000295. The molecule has 0 aliphatic heterocycles. The summed E-state index contributed by atoms with van der Waals surface area (Å²) in [5.74, 6) is -0.436. The molecule has 6 aromatic rings. The van der Waals surface area contributed by atoms with Gasteiger partial charge in [0.05, 0.1) is 49.7 Å². The van der Waals surface area contributed by atoms with Gasteiger partial charge in [0.15, 0.2) is 0 Å². The third-order valence-electron chi connectivity index (χ3n) is 8.03. The minimum absolute atomic E-state index is 0. The van der Waals surface area contributed by atoms with E-state index in [-0.39, 0.29) is 29.9 Å². The van der Waals surface area contributed by atoms with Gasteiger partial charge in [-0.05, 0) is 105 Å². The predicted octanol–water partition coefficient (Wildman–Crippen LogP) is 11.8. The summed E-state index contributed by atoms with van der Waals surface area (Å²) in [4.78, 5) is 35.5. The maximum Gasteiger partial charge on any atom is 1.00 e. The first-order valence-electron chi connectivity index (χ1n) is 16.9. The molecule has 0 saturated heterocycles. The molecule has 6 rings (SSSR count). The first kappa shape index (κ1) is 49.1. The summed E-state index contributed by atoms with van der Waals surface area (Å²) in [5.41, 5.74) is 5.91. The van der Waals surface area contributed by atoms with E-state index in [9.17, 15) is 14.7 Å². The largest absolute Gasteiger partial charge is 1.00 e. The molecule has 0 bridgehead atoms. The molecular formula is C41H35Br2Cl4LiN2O5S2. The number of carboxylic acids is 1. The van der Waals surface area contributed by atoms with E-state index in [1.807, 2.05) is 42.5 Å². The number of hydrogen-bond acceptors (Lipinski definition) is 8. The van der Waals surface area contributed by atoms with Crippen molar-refractivity contribution in [2.45, 2.75) is 40.5 Å². The van der Waals surface area contributed by atoms with Crippen LogP contribution in [0.5, 0.6) is 0 Å². The number of rotatable bonds is 10. The van der Waals surface area contributed by atoms with E-state index in [4.69, 9.17) is 61.1 Å². The van der Waals surface area contributed by atoms with Gasteiger partial charge in [-0.2, -0.15) is 0 Å². The van der Waals surface area contributed by atoms with Crippen molar-refractivity contribution in [3.05, 3.63) is 123 Å². The average Bonchev–Trinajstić information content (AvgIpc) is 3.74. The van der Waals surface area contributed by atoms with Crippen LogP contribution in [0.1, 0.15) is 58.2 Å². The van der Waals surface area contributed by atoms with E-state index in [0.717, 1.165) is 61.4 Å². The van der Waals surface area contributed by atoms with Gasteiger partial charge in [0.2, 0.25) is 0 Å². The van der Waals surface area contributed by atoms with Crippen LogP contribution in [0, 0.1) is 11.8 Å². The number of ether oxygens (including phenoxy) is 1. The predicted molar refractivity (Wildman–Crippen MR) is 239 cm³/mol. The molecule has 0 unspecified atom stereocenters. The first-order chi connectivity index (χ1) is 26.1. The summed E-state index contributed by atoms with van der Waals surface area (Å²) < 4.78 is 6.10. The molecule has 16 heteroatoms. The number of carbonyl (C=O) groups is 2. The van der Waals surface area contributed by atoms with Crippen molar-refractivity contribution in [1.29, 1.82) is 0 Å². The van der Waals surface area contributed by atoms with E-state index in [2.05, 4.69) is 59.6 Å². The number of thiazole rings is 2. The standard InChI is InChI=1S/C21H18BrCl2NO2S.C20H16BrCl2NO2S.Li.H2O/c1-11(2)8-18-19(12-5-7-16(23)17(24)10-12)25-20(28-18)13-4-6-15(22)14(9-13)21(26)27-3;1-10(2)7-17-18(11-4-6-15(22)16(23)9-11)24-19(27-17)12-3-5-14(21)13(8-12)20(25)26;;/h4-7,9-11H,8H2,1-3H3;3-6,8-10H,7H2,1-2H3,(H,25,26);;1H2/q;;+1;/p-1. The first-order valence-corrected chi connectivity index (χ1v) is 21.6. The quantitative estimate of drug-likeness (QED) is 0.107. The monoisotopic (exact) mass is 1000 g/mol. The molecule has 0 fully saturated rings. The molecule has 57 heavy (non-hydrogen) atoms. The Hall–Kier alpha value is -2.24. The second-order valence-electron chi connectivity index (χ2n) is 13.2. The van der Waals surface area contributed by atoms with Crippen molar-refractivity contribution in [3.8, 4) is 43.7 Å². The molecule has 4 aromatic carbocycles. The zero-order valence-corrected chi connectivity index (χ0v) is 39.4. The molecule has 0 amide bonds. The van der Waals surface area contributed by atoms with Crippen molar-refractivity contribution in [2.75, 3.05) is 7.11 Å². The zero-order chi connectivity index (χ0) is 40.1. The molecule has 294 valence electrons. The zero-order valence-electron chi connectivity index (χ0n) is 31.6. The molecule has 0 aliphatic rings. The van der Waals surface area contributed by atoms with Gasteiger partial charge in [0, 0.05) is 41.0 Å². The Morgan fingerprint density at radius 2 is 1.04 bits per heavy atom. The van der Waals surface area contributed by atoms with Gasteiger partial charge in [-0.25, -0.2) is 19.6 Å². The van der Waals surface area contributed by atoms with E-state index >= 15 is 0 Å². The van der Waals surface area contributed by atoms with Crippen LogP contribution in [0.25, 0.3) is 43.7 Å². The number of carbonyl (C=O) groups excluding carboxylic acids is 1. The van der Waals surface area contributed by atoms with Crippen LogP contribution in [-0.2, 0) is 17.6 Å². The van der Waals surface area contributed by atoms with Gasteiger partial charge in [0.25, 0.3) is 0 Å². The fraction of sp³-hybridized carbons (Fsp3) is 0.220. The number of carboxylic acid groups (broad SMARTS) is 1. The van der Waals surface area contributed by atoms with E-state index in [1.54, 1.807) is 53.0 Å². The van der Waals surface area contributed by atoms with E-state index < -0.39 is 11.9 Å². The van der Waals surface area contributed by atoms with Gasteiger partial charge in [-0.3, -0.25) is 0 Å². The summed E-state index contributed by atoms with van der Waals surface area (Å²) in [7, 11) is 1.37. The van der Waals surface area contributed by atoms with Crippen LogP contribution >= 0.6 is 101 Å². The van der Waals surface area contributed by atoms with Crippen molar-refractivity contribution in [2.24, 2.45) is 11.8 Å². The topological polar surface area (TPSA) is 119 Å². The number of halogens is 6. The fourth-order valence-corrected chi connectivity index (χ4v) is 9.46. The van der Waals surface area contributed by atoms with Crippen LogP contribution in [0.15, 0.2) is 81.7 Å². The molecule has 7 nitrogen and oxygen atoms in total. The number of esters is 1. The summed E-state index contributed by atoms with van der Waals surface area (Å²) in [6, 6.07) is 21.9. The van der Waals surface area contributed by atoms with Gasteiger partial charge < -0.3 is 15.3 Å². The van der Waals surface area contributed by atoms with Gasteiger partial charge >= 0.3 is 30.8 Å². The number of methoxy groups -OCH3 is 1. The second-order valence-corrected chi connectivity index (χ2v) is 18.7. The molecule has 0 spiro atoms. The molecule has 0 aliphatic carbocycles. The maximum absolute atomic E-state index is 12.0. The van der Waals surface area contributed by atoms with Crippen molar-refractivity contribution in [3.63, 3.8) is 0 Å². The molecule has 0 saturated carbocycles. The van der Waals surface area contributed by atoms with Crippen LogP contribution in [0.4, 0.5) is 0 Å². The molecular weight excluding hydrogens is 973 g/mol. The van der Waals surface area contributed by atoms with Crippen LogP contribution < -0.4 is 18.9 Å². The number of benzene rings is 4. The Kier molecular flexibility index (Phi) is 18.8. The minimum atomic E-state index is -0.979. The molecule has 2 N–H and O–H groups in total. The Bertz CT molecular complexity index is 2390. The smallest absolute Gasteiger partial charge is 0.870 e. The normalized spacial score (nSPS) is 10.8. The van der Waals surface area contributed by atoms with Crippen LogP contribution in [0.3, 0.4) is 0 Å². The maximum atomic E-state index is 12.0. The van der Waals surface area contributed by atoms with Crippen LogP contribution in [-0.4, -0.2) is 39.6 Å². The SMILES string of the molecule is CC(C)Cc1sc(-c2ccc(Br)c(C(=O)O)c2)nc1-c1ccc(Cl)c(Cl)c1.COC(=O)c1cc(-c2nc(-c3ccc(Cl)c(Cl)c3)c(CC(C)C)s2)ccc1Br.[Li+].[OH-]. The summed E-state index contributed by atoms with van der Waals surface area (Å²) >= 11 is 34.4. The molecule has 0 atom stereocenters. The second kappa shape index (κ2) is 21.8. The van der Waals surface area contributed by atoms with Gasteiger partial charge in [0.1, 0.15) is 10.0 Å². The third kappa shape index (κ3) is 12.4. The fourth-order valence-electron chi connectivity index (χ4n) is 5.45. The third-order valence-corrected chi connectivity index (χ3v) is 13.1. The Morgan fingerprint density at radius 3 is 1.40 bits per heavy atom. The minimum Gasteiger partial charge on any atom is -0.870 e. The number of aromatic nitrogens is 2. The van der Waals surface area contributed by atoms with Crippen molar-refractivity contribution >= 4 is 113 Å². The Labute approximate surface area is 388 Å². The number of nitrogens with zero attached hydrogens (tertiary/aromatic N) is 2. The molecule has 2 aromatic heterocycles. The average molecular weight is 1010 g/mol. The number of aromatic carboxylic acids is 1. The number of hydrogen-bond donors (Lipinski definition) is 1. The van der Waals surface area contributed by atoms with Gasteiger partial charge in [-0.1, -0.05) is 98.4 Å². The van der Waals surface area contributed by atoms with Gasteiger partial charge in [-0.15, -0.1) is 22.7 Å². The molecule has 2 heterocycles. The van der Waals surface area contributed by atoms with E-state index in [1.165, 1.54) is 12.0 Å². The van der Waals surface area contributed by atoms with Crippen molar-refractivity contribution < 1.29 is 43.8 Å². The van der Waals surface area contributed by atoms with Crippen LogP contribution in [0.2, 0.25) is 20.1 Å². The van der Waals surface area contributed by atoms with Crippen molar-refractivity contribution in [1.82, 2.24) is 9.97 Å². The summed E-state index contributed by atoms with van der Waals surface area (Å²) in [5, 5.41) is 13.0. The molecule has 0 radical (unpaired) electrons. The Morgan fingerprint density at radius 1 is 0.649 bits per heavy atom. The summed E-state index contributed by atoms with van der Waals surface area (Å²) in [6.45, 7) is 8.65. The van der Waals surface area contributed by atoms with E-state index in [0.29, 0.717) is 46.4 Å². The summed E-state index contributed by atoms with van der Waals surface area (Å²) in [6.07, 6.45) is 1.77.